The molecule has 0 bridgehead atoms. The smallest absolute Gasteiger partial charge is 0.365 e. The Morgan fingerprint density at radius 3 is 2.13 bits per heavy atom. The van der Waals surface area contributed by atoms with E-state index in [9.17, 15) is 18.0 Å². The zero-order valence-corrected chi connectivity index (χ0v) is 10.5. The van der Waals surface area contributed by atoms with Crippen molar-refractivity contribution in [1.82, 2.24) is 4.57 Å². The minimum Gasteiger partial charge on any atom is -0.365 e. The van der Waals surface area contributed by atoms with Gasteiger partial charge in [0.1, 0.15) is 8.96 Å². The molecule has 0 radical (unpaired) electrons. The van der Waals surface area contributed by atoms with E-state index in [1.54, 1.807) is 13.1 Å². The highest BCUT2D eigenvalue weighted by molar-refractivity contribution is 6.55. The summed E-state index contributed by atoms with van der Waals surface area (Å²) in [6.07, 6.45) is -2.26. The molecule has 90 valence electrons. The average Bonchev–Trinajstić information content (AvgIpc) is 2.09. The Bertz CT molecular complexity index is 206. The molecule has 0 aromatic rings. The Morgan fingerprint density at radius 2 is 1.80 bits per heavy atom. The van der Waals surface area contributed by atoms with Crippen molar-refractivity contribution in [1.29, 1.82) is 0 Å². The Kier molecular flexibility index (Phi) is 5.93. The molecule has 0 N–H and O–H groups in total. The van der Waals surface area contributed by atoms with E-state index in [1.165, 1.54) is 0 Å². The second-order valence-corrected chi connectivity index (χ2v) is 6.61. The zero-order chi connectivity index (χ0) is 12.1. The lowest BCUT2D eigenvalue weighted by molar-refractivity contribution is -0.180. The maximum absolute atomic E-state index is 12.2. The van der Waals surface area contributed by atoms with Crippen LogP contribution < -0.4 is 0 Å². The summed E-state index contributed by atoms with van der Waals surface area (Å²) in [5.74, 6) is -1.67. The number of halogens is 3. The van der Waals surface area contributed by atoms with E-state index >= 15 is 0 Å². The van der Waals surface area contributed by atoms with Gasteiger partial charge in [-0.25, -0.2) is 0 Å². The predicted molar refractivity (Wildman–Crippen MR) is 56.2 cm³/mol. The Labute approximate surface area is 90.1 Å². The van der Waals surface area contributed by atoms with Gasteiger partial charge in [-0.05, 0) is 6.42 Å². The fourth-order valence-corrected chi connectivity index (χ4v) is 2.60. The summed E-state index contributed by atoms with van der Waals surface area (Å²) in [5.41, 5.74) is 0. The highest BCUT2D eigenvalue weighted by Crippen LogP contribution is 2.19. The number of hydrogen-bond donors (Lipinski definition) is 0. The molecule has 0 unspecified atom stereocenters. The topological polar surface area (TPSA) is 20.3 Å². The molecule has 0 aromatic heterocycles. The molecule has 1 amide bonds. The second-order valence-electron chi connectivity index (χ2n) is 3.80. The number of unbranched alkanes of at least 4 members (excludes halogenated alkanes) is 2. The summed E-state index contributed by atoms with van der Waals surface area (Å²) in [6, 6.07) is 0. The summed E-state index contributed by atoms with van der Waals surface area (Å²) in [4.78, 5) is 11.0. The molecule has 6 heteroatoms. The van der Waals surface area contributed by atoms with Crippen LogP contribution in [0, 0.1) is 0 Å². The molecule has 0 saturated heterocycles. The Balaban J connectivity index is 4.33. The quantitative estimate of drug-likeness (QED) is 0.535. The highest BCUT2D eigenvalue weighted by Gasteiger charge is 2.42. The van der Waals surface area contributed by atoms with Crippen LogP contribution in [0.15, 0.2) is 0 Å². The summed E-state index contributed by atoms with van der Waals surface area (Å²) < 4.78 is 37.6. The van der Waals surface area contributed by atoms with Crippen LogP contribution in [-0.4, -0.2) is 32.2 Å². The summed E-state index contributed by atoms with van der Waals surface area (Å²) in [6.45, 7) is 5.68. The van der Waals surface area contributed by atoms with Gasteiger partial charge in [-0.1, -0.05) is 32.9 Å². The van der Waals surface area contributed by atoms with Gasteiger partial charge in [0.05, 0.1) is 0 Å². The summed E-state index contributed by atoms with van der Waals surface area (Å²) >= 11 is 0. The van der Waals surface area contributed by atoms with Crippen molar-refractivity contribution in [3.63, 3.8) is 0 Å². The fraction of sp³-hybridized carbons (Fsp3) is 0.889. The van der Waals surface area contributed by atoms with Crippen LogP contribution in [0.4, 0.5) is 13.2 Å². The van der Waals surface area contributed by atoms with E-state index in [1.807, 2.05) is 6.92 Å². The first-order valence-corrected chi connectivity index (χ1v) is 8.01. The molecule has 0 rings (SSSR count). The fourth-order valence-electron chi connectivity index (χ4n) is 1.29. The van der Waals surface area contributed by atoms with E-state index in [0.29, 0.717) is 6.42 Å². The lowest BCUT2D eigenvalue weighted by atomic mass is 10.2. The standard InChI is InChI=1S/C9H18F3NOSi/c1-4-5-6-7-13(15(2)3)8(14)9(10,11)12/h15H,4-7H2,1-3H3. The van der Waals surface area contributed by atoms with Crippen molar-refractivity contribution in [2.75, 3.05) is 6.54 Å². The first kappa shape index (κ1) is 14.5. The minimum atomic E-state index is -4.72. The highest BCUT2D eigenvalue weighted by atomic mass is 28.3. The lowest BCUT2D eigenvalue weighted by Crippen LogP contribution is -2.47. The van der Waals surface area contributed by atoms with Crippen LogP contribution in [0.2, 0.25) is 13.1 Å². The van der Waals surface area contributed by atoms with Crippen LogP contribution >= 0.6 is 0 Å². The van der Waals surface area contributed by atoms with E-state index in [0.717, 1.165) is 17.4 Å². The summed E-state index contributed by atoms with van der Waals surface area (Å²) in [5, 5.41) is 0. The van der Waals surface area contributed by atoms with Crippen LogP contribution in [0.1, 0.15) is 26.2 Å². The number of alkyl halides is 3. The third kappa shape index (κ3) is 5.20. The van der Waals surface area contributed by atoms with Gasteiger partial charge in [-0.15, -0.1) is 0 Å². The minimum absolute atomic E-state index is 0.246. The molecule has 0 atom stereocenters. The van der Waals surface area contributed by atoms with Crippen molar-refractivity contribution in [3.05, 3.63) is 0 Å². The van der Waals surface area contributed by atoms with Crippen molar-refractivity contribution >= 4 is 14.9 Å². The number of carbonyl (C=O) groups is 1. The second kappa shape index (κ2) is 6.15. The normalized spacial score (nSPS) is 11.9. The van der Waals surface area contributed by atoms with Crippen LogP contribution in [0.3, 0.4) is 0 Å². The molecule has 15 heavy (non-hydrogen) atoms. The number of hydrogen-bond acceptors (Lipinski definition) is 1. The van der Waals surface area contributed by atoms with Crippen LogP contribution in [-0.2, 0) is 4.79 Å². The average molecular weight is 241 g/mol. The van der Waals surface area contributed by atoms with Gasteiger partial charge in [0, 0.05) is 6.54 Å². The molecule has 0 spiro atoms. The maximum Gasteiger partial charge on any atom is 0.470 e. The predicted octanol–water partition coefficient (Wildman–Crippen LogP) is 2.55. The number of rotatable bonds is 5. The molecular formula is C9H18F3NOSi. The Hall–Kier alpha value is -0.523. The van der Waals surface area contributed by atoms with Crippen molar-refractivity contribution in [2.45, 2.75) is 45.5 Å². The van der Waals surface area contributed by atoms with Crippen molar-refractivity contribution < 1.29 is 18.0 Å². The molecular weight excluding hydrogens is 223 g/mol. The SMILES string of the molecule is CCCCCN(C(=O)C(F)(F)F)[SiH](C)C. The molecule has 2 nitrogen and oxygen atoms in total. The molecule has 0 aliphatic heterocycles. The largest absolute Gasteiger partial charge is 0.470 e. The molecule has 0 fully saturated rings. The van der Waals surface area contributed by atoms with E-state index in [2.05, 4.69) is 0 Å². The number of amides is 1. The molecule has 0 aromatic carbocycles. The lowest BCUT2D eigenvalue weighted by Gasteiger charge is -2.27. The van der Waals surface area contributed by atoms with Gasteiger partial charge >= 0.3 is 12.1 Å². The van der Waals surface area contributed by atoms with Gasteiger partial charge in [-0.2, -0.15) is 13.2 Å². The zero-order valence-electron chi connectivity index (χ0n) is 9.40. The van der Waals surface area contributed by atoms with Gasteiger partial charge in [0.25, 0.3) is 0 Å². The monoisotopic (exact) mass is 241 g/mol. The van der Waals surface area contributed by atoms with Gasteiger partial charge in [0.2, 0.25) is 0 Å². The van der Waals surface area contributed by atoms with E-state index in [4.69, 9.17) is 0 Å². The molecule has 0 aliphatic rings. The van der Waals surface area contributed by atoms with Gasteiger partial charge in [0.15, 0.2) is 0 Å². The molecule has 0 heterocycles. The Morgan fingerprint density at radius 1 is 1.27 bits per heavy atom. The molecule has 0 saturated carbocycles. The third-order valence-electron chi connectivity index (χ3n) is 2.13. The number of nitrogens with zero attached hydrogens (tertiary/aromatic N) is 1. The maximum atomic E-state index is 12.2. The first-order chi connectivity index (χ1) is 6.80. The van der Waals surface area contributed by atoms with E-state index < -0.39 is 21.0 Å². The van der Waals surface area contributed by atoms with Crippen LogP contribution in [0.25, 0.3) is 0 Å². The van der Waals surface area contributed by atoms with Crippen molar-refractivity contribution in [2.24, 2.45) is 0 Å². The summed E-state index contributed by atoms with van der Waals surface area (Å²) in [7, 11) is -1.72. The van der Waals surface area contributed by atoms with E-state index in [-0.39, 0.29) is 6.54 Å². The van der Waals surface area contributed by atoms with Crippen molar-refractivity contribution in [3.8, 4) is 0 Å². The first-order valence-electron chi connectivity index (χ1n) is 5.18. The van der Waals surface area contributed by atoms with Gasteiger partial charge in [-0.3, -0.25) is 4.79 Å². The van der Waals surface area contributed by atoms with Gasteiger partial charge < -0.3 is 4.57 Å². The van der Waals surface area contributed by atoms with Crippen LogP contribution in [0.5, 0.6) is 0 Å². The third-order valence-corrected chi connectivity index (χ3v) is 3.87. The number of carbonyl (C=O) groups excluding carboxylic acids is 1. The molecule has 0 aliphatic carbocycles.